The molecule has 0 amide bonds. The van der Waals surface area contributed by atoms with Crippen LogP contribution in [0.2, 0.25) is 5.02 Å². The Bertz CT molecular complexity index is 597. The molecule has 0 heterocycles. The first-order chi connectivity index (χ1) is 9.24. The standard InChI is InChI=1S/C16H15BrClN/c17-13-6-7-15(18)12(9-13)10-19-16-8-5-11-3-1-2-4-14(11)16/h1-4,6-7,9,16,19H,5,8,10H2. The van der Waals surface area contributed by atoms with E-state index in [1.165, 1.54) is 24.0 Å². The van der Waals surface area contributed by atoms with Crippen molar-refractivity contribution in [3.05, 3.63) is 68.7 Å². The molecule has 0 spiro atoms. The maximum atomic E-state index is 6.22. The van der Waals surface area contributed by atoms with Gasteiger partial charge in [0.05, 0.1) is 0 Å². The molecule has 1 aliphatic carbocycles. The van der Waals surface area contributed by atoms with Gasteiger partial charge in [-0.2, -0.15) is 0 Å². The lowest BCUT2D eigenvalue weighted by Crippen LogP contribution is -2.18. The molecule has 3 heteroatoms. The van der Waals surface area contributed by atoms with E-state index >= 15 is 0 Å². The van der Waals surface area contributed by atoms with Crippen LogP contribution in [0.15, 0.2) is 46.9 Å². The Balaban J connectivity index is 1.72. The lowest BCUT2D eigenvalue weighted by molar-refractivity contribution is 0.530. The number of nitrogens with one attached hydrogen (secondary N) is 1. The molecule has 2 aromatic rings. The highest BCUT2D eigenvalue weighted by Crippen LogP contribution is 2.31. The molecule has 1 nitrogen and oxygen atoms in total. The third-order valence-electron chi connectivity index (χ3n) is 3.68. The molecule has 0 radical (unpaired) electrons. The maximum Gasteiger partial charge on any atom is 0.0451 e. The topological polar surface area (TPSA) is 12.0 Å². The Morgan fingerprint density at radius 2 is 2.05 bits per heavy atom. The highest BCUT2D eigenvalue weighted by atomic mass is 79.9. The minimum absolute atomic E-state index is 0.450. The fourth-order valence-corrected chi connectivity index (χ4v) is 3.27. The van der Waals surface area contributed by atoms with Crippen molar-refractivity contribution >= 4 is 27.5 Å². The molecule has 1 aliphatic rings. The monoisotopic (exact) mass is 335 g/mol. The van der Waals surface area contributed by atoms with Crippen LogP contribution in [0.3, 0.4) is 0 Å². The summed E-state index contributed by atoms with van der Waals surface area (Å²) in [6.45, 7) is 0.803. The zero-order valence-corrected chi connectivity index (χ0v) is 12.8. The van der Waals surface area contributed by atoms with Crippen molar-refractivity contribution in [2.24, 2.45) is 0 Å². The fourth-order valence-electron chi connectivity index (χ4n) is 2.68. The first-order valence-electron chi connectivity index (χ1n) is 6.49. The Morgan fingerprint density at radius 1 is 1.21 bits per heavy atom. The Labute approximate surface area is 127 Å². The zero-order chi connectivity index (χ0) is 13.2. The van der Waals surface area contributed by atoms with Gasteiger partial charge in [-0.05, 0) is 47.7 Å². The van der Waals surface area contributed by atoms with Crippen molar-refractivity contribution in [2.75, 3.05) is 0 Å². The van der Waals surface area contributed by atoms with Gasteiger partial charge in [0.2, 0.25) is 0 Å². The molecule has 98 valence electrons. The average Bonchev–Trinajstić information content (AvgIpc) is 2.83. The molecule has 0 aliphatic heterocycles. The summed E-state index contributed by atoms with van der Waals surface area (Å²) in [5.74, 6) is 0. The molecule has 0 aromatic heterocycles. The second-order valence-electron chi connectivity index (χ2n) is 4.91. The SMILES string of the molecule is Clc1ccc(Br)cc1CNC1CCc2ccccc21. The molecule has 0 bridgehead atoms. The van der Waals surface area contributed by atoms with Crippen LogP contribution in [-0.2, 0) is 13.0 Å². The van der Waals surface area contributed by atoms with Gasteiger partial charge in [0, 0.05) is 22.1 Å². The lowest BCUT2D eigenvalue weighted by atomic mass is 10.1. The van der Waals surface area contributed by atoms with Crippen molar-refractivity contribution in [2.45, 2.75) is 25.4 Å². The van der Waals surface area contributed by atoms with Crippen LogP contribution in [0.25, 0.3) is 0 Å². The second-order valence-corrected chi connectivity index (χ2v) is 6.23. The van der Waals surface area contributed by atoms with E-state index in [9.17, 15) is 0 Å². The van der Waals surface area contributed by atoms with Gasteiger partial charge in [-0.25, -0.2) is 0 Å². The van der Waals surface area contributed by atoms with Crippen LogP contribution in [0.5, 0.6) is 0 Å². The van der Waals surface area contributed by atoms with E-state index in [0.717, 1.165) is 21.6 Å². The van der Waals surface area contributed by atoms with E-state index in [1.807, 2.05) is 12.1 Å². The van der Waals surface area contributed by atoms with Gasteiger partial charge in [-0.15, -0.1) is 0 Å². The summed E-state index contributed by atoms with van der Waals surface area (Å²) in [5, 5.41) is 4.44. The number of rotatable bonds is 3. The predicted octanol–water partition coefficient (Wildman–Crippen LogP) is 4.88. The number of hydrogen-bond donors (Lipinski definition) is 1. The van der Waals surface area contributed by atoms with E-state index in [4.69, 9.17) is 11.6 Å². The zero-order valence-electron chi connectivity index (χ0n) is 10.5. The van der Waals surface area contributed by atoms with Crippen LogP contribution in [0, 0.1) is 0 Å². The molecule has 0 saturated heterocycles. The normalized spacial score (nSPS) is 17.5. The average molecular weight is 337 g/mol. The van der Waals surface area contributed by atoms with Gasteiger partial charge in [0.25, 0.3) is 0 Å². The summed E-state index contributed by atoms with van der Waals surface area (Å²) in [5.41, 5.74) is 4.05. The van der Waals surface area contributed by atoms with Gasteiger partial charge in [-0.1, -0.05) is 51.8 Å². The van der Waals surface area contributed by atoms with Gasteiger partial charge in [-0.3, -0.25) is 0 Å². The van der Waals surface area contributed by atoms with E-state index in [2.05, 4.69) is 51.6 Å². The Morgan fingerprint density at radius 3 is 2.95 bits per heavy atom. The second kappa shape index (κ2) is 5.66. The smallest absolute Gasteiger partial charge is 0.0451 e. The van der Waals surface area contributed by atoms with E-state index in [1.54, 1.807) is 0 Å². The van der Waals surface area contributed by atoms with E-state index in [0.29, 0.717) is 6.04 Å². The van der Waals surface area contributed by atoms with Crippen molar-refractivity contribution in [1.29, 1.82) is 0 Å². The lowest BCUT2D eigenvalue weighted by Gasteiger charge is -2.15. The van der Waals surface area contributed by atoms with Crippen LogP contribution in [-0.4, -0.2) is 0 Å². The predicted molar refractivity (Wildman–Crippen MR) is 83.5 cm³/mol. The minimum atomic E-state index is 0.450. The summed E-state index contributed by atoms with van der Waals surface area (Å²) in [6, 6.07) is 15.1. The van der Waals surface area contributed by atoms with Gasteiger partial charge in [0.15, 0.2) is 0 Å². The Hall–Kier alpha value is -0.830. The molecule has 0 fully saturated rings. The molecular weight excluding hydrogens is 322 g/mol. The molecular formula is C16H15BrClN. The Kier molecular flexibility index (Phi) is 3.92. The highest BCUT2D eigenvalue weighted by Gasteiger charge is 2.21. The molecule has 2 aromatic carbocycles. The van der Waals surface area contributed by atoms with Crippen molar-refractivity contribution < 1.29 is 0 Å². The highest BCUT2D eigenvalue weighted by molar-refractivity contribution is 9.10. The van der Waals surface area contributed by atoms with Crippen molar-refractivity contribution in [3.63, 3.8) is 0 Å². The number of benzene rings is 2. The number of halogens is 2. The van der Waals surface area contributed by atoms with Crippen LogP contribution in [0.1, 0.15) is 29.2 Å². The summed E-state index contributed by atoms with van der Waals surface area (Å²) in [4.78, 5) is 0. The van der Waals surface area contributed by atoms with Crippen molar-refractivity contribution in [3.8, 4) is 0 Å². The van der Waals surface area contributed by atoms with Gasteiger partial charge in [0.1, 0.15) is 0 Å². The van der Waals surface area contributed by atoms with Gasteiger partial charge < -0.3 is 5.32 Å². The number of fused-ring (bicyclic) bond motifs is 1. The fraction of sp³-hybridized carbons (Fsp3) is 0.250. The third-order valence-corrected chi connectivity index (χ3v) is 4.54. The summed E-state index contributed by atoms with van der Waals surface area (Å²) < 4.78 is 1.07. The third kappa shape index (κ3) is 2.86. The minimum Gasteiger partial charge on any atom is -0.306 e. The summed E-state index contributed by atoms with van der Waals surface area (Å²) in [6.07, 6.45) is 2.34. The molecule has 3 rings (SSSR count). The van der Waals surface area contributed by atoms with Crippen LogP contribution >= 0.6 is 27.5 Å². The van der Waals surface area contributed by atoms with Crippen LogP contribution in [0.4, 0.5) is 0 Å². The summed E-state index contributed by atoms with van der Waals surface area (Å²) >= 11 is 9.71. The molecule has 1 N–H and O–H groups in total. The van der Waals surface area contributed by atoms with Crippen LogP contribution < -0.4 is 5.32 Å². The largest absolute Gasteiger partial charge is 0.306 e. The molecule has 19 heavy (non-hydrogen) atoms. The van der Waals surface area contributed by atoms with E-state index < -0.39 is 0 Å². The molecule has 1 unspecified atom stereocenters. The van der Waals surface area contributed by atoms with Crippen molar-refractivity contribution in [1.82, 2.24) is 5.32 Å². The maximum absolute atomic E-state index is 6.22. The van der Waals surface area contributed by atoms with E-state index in [-0.39, 0.29) is 0 Å². The number of hydrogen-bond acceptors (Lipinski definition) is 1. The first-order valence-corrected chi connectivity index (χ1v) is 7.66. The molecule has 1 atom stereocenters. The number of aryl methyl sites for hydroxylation is 1. The van der Waals surface area contributed by atoms with Gasteiger partial charge >= 0.3 is 0 Å². The summed E-state index contributed by atoms with van der Waals surface area (Å²) in [7, 11) is 0. The first kappa shape index (κ1) is 13.2. The quantitative estimate of drug-likeness (QED) is 0.842. The molecule has 0 saturated carbocycles.